The van der Waals surface area contributed by atoms with Gasteiger partial charge in [-0.3, -0.25) is 4.90 Å². The molecule has 2 aromatic carbocycles. The Hall–Kier alpha value is -1.64. The molecule has 142 valence electrons. The maximum absolute atomic E-state index is 2.83. The monoisotopic (exact) mass is 360 g/mol. The Morgan fingerprint density at radius 3 is 2.33 bits per heavy atom. The summed E-state index contributed by atoms with van der Waals surface area (Å²) in [4.78, 5) is 5.43. The molecule has 0 aromatic heterocycles. The van der Waals surface area contributed by atoms with Crippen LogP contribution >= 0.6 is 0 Å². The van der Waals surface area contributed by atoms with Crippen LogP contribution in [0.2, 0.25) is 0 Å². The van der Waals surface area contributed by atoms with Crippen LogP contribution in [0.1, 0.15) is 36.3 Å². The van der Waals surface area contributed by atoms with Crippen LogP contribution in [0, 0.1) is 17.8 Å². The lowest BCUT2D eigenvalue weighted by atomic mass is 9.61. The first-order valence-corrected chi connectivity index (χ1v) is 10.8. The average molecular weight is 361 g/mol. The van der Waals surface area contributed by atoms with Gasteiger partial charge in [-0.1, -0.05) is 60.7 Å². The van der Waals surface area contributed by atoms with Gasteiger partial charge in [0, 0.05) is 25.7 Å². The van der Waals surface area contributed by atoms with E-state index in [1.807, 2.05) is 0 Å². The number of likely N-dealkylation sites (tertiary alicyclic amines) is 2. The lowest BCUT2D eigenvalue weighted by molar-refractivity contribution is -0.00129. The highest BCUT2D eigenvalue weighted by molar-refractivity contribution is 5.24. The number of hydrogen-bond acceptors (Lipinski definition) is 2. The number of fused-ring (bicyclic) bond motifs is 3. The molecule has 5 rings (SSSR count). The largest absolute Gasteiger partial charge is 0.306 e. The van der Waals surface area contributed by atoms with Gasteiger partial charge in [0.2, 0.25) is 0 Å². The summed E-state index contributed by atoms with van der Waals surface area (Å²) in [7, 11) is 2.33. The van der Waals surface area contributed by atoms with E-state index in [2.05, 4.69) is 77.5 Å². The van der Waals surface area contributed by atoms with E-state index in [1.54, 1.807) is 5.56 Å². The van der Waals surface area contributed by atoms with Gasteiger partial charge >= 0.3 is 0 Å². The lowest BCUT2D eigenvalue weighted by Gasteiger charge is -2.51. The fourth-order valence-corrected chi connectivity index (χ4v) is 6.46. The van der Waals surface area contributed by atoms with E-state index in [1.165, 1.54) is 44.5 Å². The van der Waals surface area contributed by atoms with E-state index in [0.717, 1.165) is 36.3 Å². The van der Waals surface area contributed by atoms with E-state index in [-0.39, 0.29) is 0 Å². The second-order valence-corrected chi connectivity index (χ2v) is 9.13. The van der Waals surface area contributed by atoms with Crippen LogP contribution in [0.4, 0.5) is 0 Å². The van der Waals surface area contributed by atoms with E-state index in [4.69, 9.17) is 0 Å². The molecule has 5 unspecified atom stereocenters. The van der Waals surface area contributed by atoms with Gasteiger partial charge in [0.1, 0.15) is 0 Å². The fraction of sp³-hybridized carbons (Fsp3) is 0.520. The molecule has 1 saturated carbocycles. The lowest BCUT2D eigenvalue weighted by Crippen LogP contribution is -2.53. The van der Waals surface area contributed by atoms with E-state index >= 15 is 0 Å². The van der Waals surface area contributed by atoms with Crippen molar-refractivity contribution in [3.05, 3.63) is 71.8 Å². The molecule has 0 spiro atoms. The van der Waals surface area contributed by atoms with Crippen molar-refractivity contribution in [2.75, 3.05) is 26.7 Å². The van der Waals surface area contributed by atoms with Crippen molar-refractivity contribution in [2.45, 2.75) is 37.8 Å². The van der Waals surface area contributed by atoms with Gasteiger partial charge in [-0.05, 0) is 67.7 Å². The predicted molar refractivity (Wildman–Crippen MR) is 112 cm³/mol. The molecule has 2 saturated heterocycles. The van der Waals surface area contributed by atoms with Crippen molar-refractivity contribution < 1.29 is 0 Å². The minimum Gasteiger partial charge on any atom is -0.306 e. The fourth-order valence-electron chi connectivity index (χ4n) is 6.46. The summed E-state index contributed by atoms with van der Waals surface area (Å²) in [5, 5.41) is 0. The number of hydrogen-bond donors (Lipinski definition) is 0. The molecule has 5 atom stereocenters. The van der Waals surface area contributed by atoms with E-state index in [0.29, 0.717) is 0 Å². The molecule has 3 fully saturated rings. The van der Waals surface area contributed by atoms with Gasteiger partial charge in [-0.2, -0.15) is 0 Å². The van der Waals surface area contributed by atoms with Crippen molar-refractivity contribution in [1.29, 1.82) is 0 Å². The molecule has 2 heterocycles. The summed E-state index contributed by atoms with van der Waals surface area (Å²) in [5.41, 5.74) is 3.05. The third kappa shape index (κ3) is 3.34. The van der Waals surface area contributed by atoms with Gasteiger partial charge in [-0.25, -0.2) is 0 Å². The van der Waals surface area contributed by atoms with Crippen LogP contribution in [0.25, 0.3) is 0 Å². The smallest absolute Gasteiger partial charge is 0.0236 e. The average Bonchev–Trinajstić information content (AvgIpc) is 3.11. The normalized spacial score (nSPS) is 34.2. The molecule has 2 nitrogen and oxygen atoms in total. The molecule has 2 aromatic rings. The Labute approximate surface area is 164 Å². The van der Waals surface area contributed by atoms with E-state index in [9.17, 15) is 0 Å². The quantitative estimate of drug-likeness (QED) is 0.787. The van der Waals surface area contributed by atoms with Crippen molar-refractivity contribution in [1.82, 2.24) is 9.80 Å². The summed E-state index contributed by atoms with van der Waals surface area (Å²) in [6, 6.07) is 23.2. The van der Waals surface area contributed by atoms with Gasteiger partial charge in [0.15, 0.2) is 0 Å². The Morgan fingerprint density at radius 1 is 0.852 bits per heavy atom. The molecule has 2 heteroatoms. The molecule has 27 heavy (non-hydrogen) atoms. The summed E-state index contributed by atoms with van der Waals surface area (Å²) >= 11 is 0. The summed E-state index contributed by atoms with van der Waals surface area (Å²) in [6.45, 7) is 4.97. The number of nitrogens with zero attached hydrogens (tertiary/aromatic N) is 2. The van der Waals surface area contributed by atoms with Crippen LogP contribution in [0.5, 0.6) is 0 Å². The van der Waals surface area contributed by atoms with Crippen LogP contribution in [-0.4, -0.2) is 42.5 Å². The van der Waals surface area contributed by atoms with Crippen molar-refractivity contribution in [2.24, 2.45) is 17.8 Å². The zero-order valence-corrected chi connectivity index (χ0v) is 16.5. The van der Waals surface area contributed by atoms with Crippen LogP contribution in [-0.2, 0) is 6.54 Å². The van der Waals surface area contributed by atoms with Crippen molar-refractivity contribution in [3.63, 3.8) is 0 Å². The maximum Gasteiger partial charge on any atom is 0.0236 e. The van der Waals surface area contributed by atoms with E-state index < -0.39 is 0 Å². The zero-order chi connectivity index (χ0) is 18.2. The first-order valence-electron chi connectivity index (χ1n) is 10.8. The predicted octanol–water partition coefficient (Wildman–Crippen LogP) is 4.63. The Balaban J connectivity index is 1.45. The van der Waals surface area contributed by atoms with Crippen LogP contribution in [0.3, 0.4) is 0 Å². The molecule has 0 radical (unpaired) electrons. The second-order valence-electron chi connectivity index (χ2n) is 9.13. The van der Waals surface area contributed by atoms with Gasteiger partial charge in [-0.15, -0.1) is 0 Å². The summed E-state index contributed by atoms with van der Waals surface area (Å²) < 4.78 is 0. The SMILES string of the molecule is CN1CC2C(c3ccccc3)CC3C(CCCN3Cc3ccccc3)C2C1. The topological polar surface area (TPSA) is 6.48 Å². The van der Waals surface area contributed by atoms with Crippen molar-refractivity contribution in [3.8, 4) is 0 Å². The Kier molecular flexibility index (Phi) is 4.79. The van der Waals surface area contributed by atoms with Crippen LogP contribution < -0.4 is 0 Å². The molecule has 0 bridgehead atoms. The number of rotatable bonds is 3. The molecule has 2 aliphatic heterocycles. The second kappa shape index (κ2) is 7.41. The standard InChI is InChI=1S/C25H32N2/c1-26-17-23-21-13-8-14-27(16-19-9-4-2-5-10-19)25(21)15-22(24(23)18-26)20-11-6-3-7-12-20/h2-7,9-12,21-25H,8,13-18H2,1H3. The van der Waals surface area contributed by atoms with Gasteiger partial charge < -0.3 is 4.90 Å². The maximum atomic E-state index is 2.83. The Morgan fingerprint density at radius 2 is 1.56 bits per heavy atom. The number of benzene rings is 2. The van der Waals surface area contributed by atoms with Crippen LogP contribution in [0.15, 0.2) is 60.7 Å². The molecule has 0 amide bonds. The number of piperidine rings is 1. The summed E-state index contributed by atoms with van der Waals surface area (Å²) in [6.07, 6.45) is 4.15. The molecular formula is C25H32N2. The third-order valence-electron chi connectivity index (χ3n) is 7.56. The Bertz CT molecular complexity index is 743. The molecule has 0 N–H and O–H groups in total. The minimum atomic E-state index is 0.721. The third-order valence-corrected chi connectivity index (χ3v) is 7.56. The molecule has 1 aliphatic carbocycles. The van der Waals surface area contributed by atoms with Gasteiger partial charge in [0.25, 0.3) is 0 Å². The molecule has 3 aliphatic rings. The van der Waals surface area contributed by atoms with Gasteiger partial charge in [0.05, 0.1) is 0 Å². The minimum absolute atomic E-state index is 0.721. The van der Waals surface area contributed by atoms with Crippen molar-refractivity contribution >= 4 is 0 Å². The highest BCUT2D eigenvalue weighted by Gasteiger charge is 2.50. The zero-order valence-electron chi connectivity index (χ0n) is 16.5. The first-order chi connectivity index (χ1) is 13.3. The highest BCUT2D eigenvalue weighted by atomic mass is 15.2. The highest BCUT2D eigenvalue weighted by Crippen LogP contribution is 2.51. The first kappa shape index (κ1) is 17.5. The molecular weight excluding hydrogens is 328 g/mol. The summed E-state index contributed by atoms with van der Waals surface area (Å²) in [5.74, 6) is 3.32.